The second-order valence-electron chi connectivity index (χ2n) is 7.67. The van der Waals surface area contributed by atoms with E-state index in [9.17, 15) is 4.79 Å². The summed E-state index contributed by atoms with van der Waals surface area (Å²) >= 11 is 3.60. The van der Waals surface area contributed by atoms with E-state index in [-0.39, 0.29) is 5.91 Å². The van der Waals surface area contributed by atoms with Crippen LogP contribution in [0.4, 0.5) is 5.69 Å². The van der Waals surface area contributed by atoms with E-state index in [1.807, 2.05) is 61.5 Å². The molecular weight excluding hydrogens is 452 g/mol. The molecule has 0 spiro atoms. The van der Waals surface area contributed by atoms with Gasteiger partial charge in [0.15, 0.2) is 0 Å². The molecule has 0 saturated carbocycles. The van der Waals surface area contributed by atoms with Crippen LogP contribution in [0.15, 0.2) is 81.9 Å². The highest BCUT2D eigenvalue weighted by Crippen LogP contribution is 2.30. The van der Waals surface area contributed by atoms with Crippen LogP contribution in [-0.4, -0.2) is 11.6 Å². The van der Waals surface area contributed by atoms with E-state index in [1.165, 1.54) is 16.1 Å². The van der Waals surface area contributed by atoms with Crippen LogP contribution in [0, 0.1) is 13.8 Å². The molecule has 4 nitrogen and oxygen atoms in total. The zero-order chi connectivity index (χ0) is 22.0. The molecule has 0 saturated heterocycles. The fourth-order valence-electron chi connectivity index (χ4n) is 3.63. The van der Waals surface area contributed by atoms with Gasteiger partial charge in [0.1, 0.15) is 12.4 Å². The number of aryl methyl sites for hydroxylation is 2. The van der Waals surface area contributed by atoms with Crippen LogP contribution in [0.2, 0.25) is 0 Å². The normalized spacial score (nSPS) is 14.8. The molecule has 4 rings (SSSR count). The predicted octanol–water partition coefficient (Wildman–Crippen LogP) is 6.45. The standard InChI is InChI=1S/C26H23BrN2O2/c1-17-11-18(2)13-21(12-17)16-31-25-10-9-20(15-24(25)27)14-23-19(3)28-29(26(23)30)22-7-5-4-6-8-22/h4-15H,16H2,1-3H3/b23-14+. The van der Waals surface area contributed by atoms with Gasteiger partial charge in [0.05, 0.1) is 21.4 Å². The van der Waals surface area contributed by atoms with Crippen LogP contribution < -0.4 is 9.75 Å². The van der Waals surface area contributed by atoms with E-state index >= 15 is 0 Å². The number of hydrazone groups is 1. The molecule has 0 aromatic heterocycles. The fraction of sp³-hybridized carbons (Fsp3) is 0.154. The monoisotopic (exact) mass is 474 g/mol. The maximum Gasteiger partial charge on any atom is 0.280 e. The van der Waals surface area contributed by atoms with Crippen molar-refractivity contribution in [2.24, 2.45) is 5.10 Å². The Kier molecular flexibility index (Phi) is 6.05. The highest BCUT2D eigenvalue weighted by Gasteiger charge is 2.28. The topological polar surface area (TPSA) is 41.9 Å². The number of hydrogen-bond acceptors (Lipinski definition) is 3. The summed E-state index contributed by atoms with van der Waals surface area (Å²) in [4.78, 5) is 12.9. The van der Waals surface area contributed by atoms with Gasteiger partial charge in [-0.1, -0.05) is 53.6 Å². The molecule has 0 fully saturated rings. The summed E-state index contributed by atoms with van der Waals surface area (Å²) in [6.45, 7) is 6.52. The van der Waals surface area contributed by atoms with Gasteiger partial charge >= 0.3 is 0 Å². The van der Waals surface area contributed by atoms with Crippen LogP contribution in [0.5, 0.6) is 5.75 Å². The van der Waals surface area contributed by atoms with Gasteiger partial charge in [-0.05, 0) is 78.2 Å². The fourth-order valence-corrected chi connectivity index (χ4v) is 4.14. The van der Waals surface area contributed by atoms with Gasteiger partial charge in [-0.2, -0.15) is 10.1 Å². The minimum absolute atomic E-state index is 0.130. The summed E-state index contributed by atoms with van der Waals surface area (Å²) in [5.74, 6) is 0.630. The highest BCUT2D eigenvalue weighted by atomic mass is 79.9. The third kappa shape index (κ3) is 4.78. The lowest BCUT2D eigenvalue weighted by molar-refractivity contribution is -0.114. The Hall–Kier alpha value is -3.18. The largest absolute Gasteiger partial charge is 0.488 e. The molecule has 0 atom stereocenters. The first-order chi connectivity index (χ1) is 14.9. The van der Waals surface area contributed by atoms with Crippen LogP contribution in [0.25, 0.3) is 6.08 Å². The maximum absolute atomic E-state index is 12.9. The molecule has 3 aromatic rings. The van der Waals surface area contributed by atoms with Gasteiger partial charge in [0, 0.05) is 0 Å². The maximum atomic E-state index is 12.9. The molecule has 0 N–H and O–H groups in total. The van der Waals surface area contributed by atoms with E-state index in [2.05, 4.69) is 53.1 Å². The van der Waals surface area contributed by atoms with E-state index in [0.29, 0.717) is 17.9 Å². The molecule has 31 heavy (non-hydrogen) atoms. The van der Waals surface area contributed by atoms with Crippen LogP contribution in [0.3, 0.4) is 0 Å². The number of benzene rings is 3. The number of nitrogens with zero attached hydrogens (tertiary/aromatic N) is 2. The number of carbonyl (C=O) groups is 1. The van der Waals surface area contributed by atoms with Gasteiger partial charge in [-0.25, -0.2) is 0 Å². The van der Waals surface area contributed by atoms with Crippen molar-refractivity contribution in [3.63, 3.8) is 0 Å². The number of amides is 1. The first-order valence-corrected chi connectivity index (χ1v) is 10.9. The number of ether oxygens (including phenoxy) is 1. The third-order valence-corrected chi connectivity index (χ3v) is 5.63. The molecule has 1 amide bonds. The number of para-hydroxylation sites is 1. The summed E-state index contributed by atoms with van der Waals surface area (Å²) in [6.07, 6.45) is 1.86. The van der Waals surface area contributed by atoms with Gasteiger partial charge in [-0.3, -0.25) is 4.79 Å². The molecule has 5 heteroatoms. The number of halogens is 1. The van der Waals surface area contributed by atoms with Gasteiger partial charge in [-0.15, -0.1) is 0 Å². The molecule has 0 radical (unpaired) electrons. The third-order valence-electron chi connectivity index (χ3n) is 5.01. The SMILES string of the molecule is CC1=NN(c2ccccc2)C(=O)/C1=C/c1ccc(OCc2cc(C)cc(C)c2)c(Br)c1. The molecule has 156 valence electrons. The van der Waals surface area contributed by atoms with Crippen molar-refractivity contribution in [3.05, 3.63) is 99.0 Å². The average Bonchev–Trinajstić information content (AvgIpc) is 3.01. The van der Waals surface area contributed by atoms with Crippen molar-refractivity contribution in [1.82, 2.24) is 0 Å². The second-order valence-corrected chi connectivity index (χ2v) is 8.52. The van der Waals surface area contributed by atoms with E-state index in [1.54, 1.807) is 0 Å². The van der Waals surface area contributed by atoms with Crippen molar-refractivity contribution >= 4 is 39.3 Å². The highest BCUT2D eigenvalue weighted by molar-refractivity contribution is 9.10. The smallest absolute Gasteiger partial charge is 0.280 e. The summed E-state index contributed by atoms with van der Waals surface area (Å²) < 4.78 is 6.85. The number of hydrogen-bond donors (Lipinski definition) is 0. The quantitative estimate of drug-likeness (QED) is 0.398. The van der Waals surface area contributed by atoms with Crippen LogP contribution >= 0.6 is 15.9 Å². The average molecular weight is 475 g/mol. The van der Waals surface area contributed by atoms with Gasteiger partial charge in [0.2, 0.25) is 0 Å². The Balaban J connectivity index is 1.51. The zero-order valence-electron chi connectivity index (χ0n) is 17.7. The molecule has 3 aromatic carbocycles. The number of rotatable bonds is 5. The van der Waals surface area contributed by atoms with E-state index < -0.39 is 0 Å². The molecule has 0 aliphatic carbocycles. The minimum Gasteiger partial charge on any atom is -0.488 e. The first kappa shape index (κ1) is 21.1. The lowest BCUT2D eigenvalue weighted by Gasteiger charge is -2.11. The van der Waals surface area contributed by atoms with Crippen molar-refractivity contribution in [3.8, 4) is 5.75 Å². The zero-order valence-corrected chi connectivity index (χ0v) is 19.3. The molecule has 0 bridgehead atoms. The molecule has 0 unspecified atom stereocenters. The number of anilines is 1. The minimum atomic E-state index is -0.130. The molecule has 1 aliphatic rings. The Labute approximate surface area is 191 Å². The second kappa shape index (κ2) is 8.90. The molecular formula is C26H23BrN2O2. The van der Waals surface area contributed by atoms with Crippen molar-refractivity contribution in [2.45, 2.75) is 27.4 Å². The van der Waals surface area contributed by atoms with Crippen LogP contribution in [0.1, 0.15) is 29.2 Å². The lowest BCUT2D eigenvalue weighted by atomic mass is 10.1. The van der Waals surface area contributed by atoms with E-state index in [0.717, 1.165) is 27.0 Å². The summed E-state index contributed by atoms with van der Waals surface area (Å²) in [5.41, 5.74) is 6.52. The number of carbonyl (C=O) groups excluding carboxylic acids is 1. The Morgan fingerprint density at radius 1 is 0.968 bits per heavy atom. The summed E-state index contributed by atoms with van der Waals surface area (Å²) in [6, 6.07) is 21.7. The molecule has 1 aliphatic heterocycles. The van der Waals surface area contributed by atoms with E-state index in [4.69, 9.17) is 4.74 Å². The first-order valence-electron chi connectivity index (χ1n) is 10.1. The van der Waals surface area contributed by atoms with Gasteiger partial charge in [0.25, 0.3) is 5.91 Å². The van der Waals surface area contributed by atoms with Crippen LogP contribution in [-0.2, 0) is 11.4 Å². The Morgan fingerprint density at radius 3 is 2.35 bits per heavy atom. The van der Waals surface area contributed by atoms with Crippen molar-refractivity contribution in [2.75, 3.05) is 5.01 Å². The van der Waals surface area contributed by atoms with Crippen molar-refractivity contribution < 1.29 is 9.53 Å². The lowest BCUT2D eigenvalue weighted by Crippen LogP contribution is -2.21. The Morgan fingerprint density at radius 2 is 1.68 bits per heavy atom. The van der Waals surface area contributed by atoms with Crippen molar-refractivity contribution in [1.29, 1.82) is 0 Å². The molecule has 1 heterocycles. The van der Waals surface area contributed by atoms with Gasteiger partial charge < -0.3 is 4.74 Å². The Bertz CT molecular complexity index is 1180. The summed E-state index contributed by atoms with van der Waals surface area (Å²) in [5, 5.41) is 5.87. The summed E-state index contributed by atoms with van der Waals surface area (Å²) in [7, 11) is 0. The predicted molar refractivity (Wildman–Crippen MR) is 129 cm³/mol.